The summed E-state index contributed by atoms with van der Waals surface area (Å²) in [6.07, 6.45) is 2.16. The normalized spacial score (nSPS) is 11.2. The Bertz CT molecular complexity index is 1490. The SMILES string of the molecule is CCCOc1ccccc1-c1ccc(C(=O)NS(=O)(=O)c2cccc(Br)c2)c(CCc2ccccc2)c1. The number of ether oxygens (including phenoxy) is 1. The fourth-order valence-corrected chi connectivity index (χ4v) is 5.59. The molecule has 0 saturated heterocycles. The van der Waals surface area contributed by atoms with Crippen molar-refractivity contribution < 1.29 is 17.9 Å². The summed E-state index contributed by atoms with van der Waals surface area (Å²) in [6, 6.07) is 29.5. The maximum atomic E-state index is 13.3. The molecule has 0 bridgehead atoms. The fourth-order valence-electron chi connectivity index (χ4n) is 4.03. The number of sulfonamides is 1. The minimum atomic E-state index is -4.04. The number of aryl methyl sites for hydroxylation is 2. The van der Waals surface area contributed by atoms with Gasteiger partial charge in [-0.05, 0) is 66.3 Å². The molecular weight excluding hydrogens is 550 g/mol. The van der Waals surface area contributed by atoms with E-state index in [-0.39, 0.29) is 4.90 Å². The summed E-state index contributed by atoms with van der Waals surface area (Å²) in [5.74, 6) is 0.109. The zero-order valence-electron chi connectivity index (χ0n) is 20.5. The molecule has 7 heteroatoms. The predicted molar refractivity (Wildman–Crippen MR) is 150 cm³/mol. The molecule has 5 nitrogen and oxygen atoms in total. The summed E-state index contributed by atoms with van der Waals surface area (Å²) in [4.78, 5) is 13.3. The van der Waals surface area contributed by atoms with Gasteiger partial charge in [0.05, 0.1) is 11.5 Å². The van der Waals surface area contributed by atoms with Crippen molar-refractivity contribution in [2.24, 2.45) is 0 Å². The van der Waals surface area contributed by atoms with Crippen LogP contribution in [0.1, 0.15) is 34.8 Å². The number of rotatable bonds is 10. The van der Waals surface area contributed by atoms with Gasteiger partial charge in [0.25, 0.3) is 15.9 Å². The molecule has 0 atom stereocenters. The molecule has 0 aliphatic rings. The van der Waals surface area contributed by atoms with Gasteiger partial charge in [-0.3, -0.25) is 4.79 Å². The molecule has 0 aliphatic heterocycles. The number of hydrogen-bond donors (Lipinski definition) is 1. The van der Waals surface area contributed by atoms with Crippen LogP contribution in [0.25, 0.3) is 11.1 Å². The maximum Gasteiger partial charge on any atom is 0.265 e. The van der Waals surface area contributed by atoms with E-state index in [1.54, 1.807) is 18.2 Å². The summed E-state index contributed by atoms with van der Waals surface area (Å²) in [5, 5.41) is 0. The number of halogens is 1. The standard InChI is InChI=1S/C30H28BrNO4S/c1-2-19-36-29-14-7-6-13-27(29)23-17-18-28(24(20-23)16-15-22-9-4-3-5-10-22)30(33)32-37(34,35)26-12-8-11-25(31)21-26/h3-14,17-18,20-21H,2,15-16,19H2,1H3,(H,32,33). The molecule has 0 radical (unpaired) electrons. The second kappa shape index (κ2) is 12.2. The summed E-state index contributed by atoms with van der Waals surface area (Å²) < 4.78 is 34.6. The summed E-state index contributed by atoms with van der Waals surface area (Å²) >= 11 is 3.28. The molecule has 1 N–H and O–H groups in total. The van der Waals surface area contributed by atoms with Crippen LogP contribution in [-0.2, 0) is 22.9 Å². The van der Waals surface area contributed by atoms with E-state index in [0.29, 0.717) is 29.5 Å². The van der Waals surface area contributed by atoms with E-state index in [1.165, 1.54) is 12.1 Å². The van der Waals surface area contributed by atoms with Crippen LogP contribution in [0, 0.1) is 0 Å². The van der Waals surface area contributed by atoms with Gasteiger partial charge in [-0.2, -0.15) is 0 Å². The number of carbonyl (C=O) groups is 1. The molecule has 0 fully saturated rings. The second-order valence-electron chi connectivity index (χ2n) is 8.59. The third kappa shape index (κ3) is 6.87. The molecule has 190 valence electrons. The number of para-hydroxylation sites is 1. The van der Waals surface area contributed by atoms with Crippen LogP contribution < -0.4 is 9.46 Å². The Labute approximate surface area is 226 Å². The van der Waals surface area contributed by atoms with Gasteiger partial charge in [-0.1, -0.05) is 89.6 Å². The molecular formula is C30H28BrNO4S. The summed E-state index contributed by atoms with van der Waals surface area (Å²) in [6.45, 7) is 2.66. The van der Waals surface area contributed by atoms with Crippen LogP contribution in [-0.4, -0.2) is 20.9 Å². The number of carbonyl (C=O) groups excluding carboxylic acids is 1. The van der Waals surface area contributed by atoms with E-state index >= 15 is 0 Å². The van der Waals surface area contributed by atoms with Crippen LogP contribution in [0.4, 0.5) is 0 Å². The smallest absolute Gasteiger partial charge is 0.265 e. The highest BCUT2D eigenvalue weighted by atomic mass is 79.9. The Morgan fingerprint density at radius 2 is 1.62 bits per heavy atom. The highest BCUT2D eigenvalue weighted by molar-refractivity contribution is 9.10. The first-order valence-corrected chi connectivity index (χ1v) is 14.4. The summed E-state index contributed by atoms with van der Waals surface area (Å²) in [5.41, 5.74) is 4.04. The van der Waals surface area contributed by atoms with Gasteiger partial charge in [0.1, 0.15) is 5.75 Å². The van der Waals surface area contributed by atoms with Crippen molar-refractivity contribution in [3.8, 4) is 16.9 Å². The Hall–Kier alpha value is -3.42. The topological polar surface area (TPSA) is 72.5 Å². The lowest BCUT2D eigenvalue weighted by Crippen LogP contribution is -2.31. The highest BCUT2D eigenvalue weighted by Gasteiger charge is 2.21. The molecule has 4 aromatic rings. The van der Waals surface area contributed by atoms with E-state index in [2.05, 4.69) is 27.6 Å². The lowest BCUT2D eigenvalue weighted by molar-refractivity contribution is 0.0980. The average Bonchev–Trinajstić information content (AvgIpc) is 2.91. The third-order valence-corrected chi connectivity index (χ3v) is 7.69. The van der Waals surface area contributed by atoms with Gasteiger partial charge >= 0.3 is 0 Å². The Balaban J connectivity index is 1.69. The van der Waals surface area contributed by atoms with Crippen molar-refractivity contribution in [2.45, 2.75) is 31.1 Å². The molecule has 1 amide bonds. The molecule has 0 spiro atoms. The van der Waals surface area contributed by atoms with Crippen LogP contribution >= 0.6 is 15.9 Å². The fraction of sp³-hybridized carbons (Fsp3) is 0.167. The molecule has 0 saturated carbocycles. The Morgan fingerprint density at radius 1 is 0.865 bits per heavy atom. The van der Waals surface area contributed by atoms with E-state index in [4.69, 9.17) is 4.74 Å². The van der Waals surface area contributed by atoms with Gasteiger partial charge in [0.15, 0.2) is 0 Å². The number of nitrogens with one attached hydrogen (secondary N) is 1. The van der Waals surface area contributed by atoms with Crippen LogP contribution in [0.3, 0.4) is 0 Å². The molecule has 0 unspecified atom stereocenters. The molecule has 4 aromatic carbocycles. The summed E-state index contributed by atoms with van der Waals surface area (Å²) in [7, 11) is -4.04. The molecule has 37 heavy (non-hydrogen) atoms. The van der Waals surface area contributed by atoms with E-state index in [0.717, 1.165) is 34.4 Å². The quantitative estimate of drug-likeness (QED) is 0.225. The average molecular weight is 579 g/mol. The minimum absolute atomic E-state index is 0.0136. The first-order valence-electron chi connectivity index (χ1n) is 12.1. The number of amides is 1. The highest BCUT2D eigenvalue weighted by Crippen LogP contribution is 2.32. The lowest BCUT2D eigenvalue weighted by Gasteiger charge is -2.15. The monoisotopic (exact) mass is 577 g/mol. The van der Waals surface area contributed by atoms with E-state index < -0.39 is 15.9 Å². The minimum Gasteiger partial charge on any atom is -0.493 e. The predicted octanol–water partition coefficient (Wildman–Crippen LogP) is 6.81. The van der Waals surface area contributed by atoms with Crippen LogP contribution in [0.2, 0.25) is 0 Å². The zero-order valence-corrected chi connectivity index (χ0v) is 22.9. The van der Waals surface area contributed by atoms with Gasteiger partial charge < -0.3 is 4.74 Å². The van der Waals surface area contributed by atoms with Crippen molar-refractivity contribution in [3.05, 3.63) is 118 Å². The van der Waals surface area contributed by atoms with Crippen molar-refractivity contribution >= 4 is 31.9 Å². The largest absolute Gasteiger partial charge is 0.493 e. The van der Waals surface area contributed by atoms with E-state index in [9.17, 15) is 13.2 Å². The molecule has 4 rings (SSSR count). The van der Waals surface area contributed by atoms with Crippen molar-refractivity contribution in [1.29, 1.82) is 0 Å². The molecule has 0 heterocycles. The zero-order chi connectivity index (χ0) is 26.3. The van der Waals surface area contributed by atoms with Crippen molar-refractivity contribution in [1.82, 2.24) is 4.72 Å². The van der Waals surface area contributed by atoms with E-state index in [1.807, 2.05) is 66.7 Å². The number of hydrogen-bond acceptors (Lipinski definition) is 4. The second-order valence-corrected chi connectivity index (χ2v) is 11.2. The molecule has 0 aliphatic carbocycles. The van der Waals surface area contributed by atoms with Gasteiger partial charge in [-0.25, -0.2) is 13.1 Å². The Kier molecular flexibility index (Phi) is 8.79. The third-order valence-electron chi connectivity index (χ3n) is 5.87. The van der Waals surface area contributed by atoms with Crippen molar-refractivity contribution in [2.75, 3.05) is 6.61 Å². The Morgan fingerprint density at radius 3 is 2.38 bits per heavy atom. The van der Waals surface area contributed by atoms with Crippen LogP contribution in [0.15, 0.2) is 106 Å². The first kappa shape index (κ1) is 26.6. The first-order chi connectivity index (χ1) is 17.9. The van der Waals surface area contributed by atoms with Gasteiger partial charge in [-0.15, -0.1) is 0 Å². The van der Waals surface area contributed by atoms with Gasteiger partial charge in [0.2, 0.25) is 0 Å². The van der Waals surface area contributed by atoms with Crippen LogP contribution in [0.5, 0.6) is 5.75 Å². The van der Waals surface area contributed by atoms with Crippen molar-refractivity contribution in [3.63, 3.8) is 0 Å². The van der Waals surface area contributed by atoms with Gasteiger partial charge in [0, 0.05) is 15.6 Å². The maximum absolute atomic E-state index is 13.3. The lowest BCUT2D eigenvalue weighted by atomic mass is 9.94. The molecule has 0 aromatic heterocycles. The number of benzene rings is 4.